The summed E-state index contributed by atoms with van der Waals surface area (Å²) in [5.74, 6) is 1.39. The summed E-state index contributed by atoms with van der Waals surface area (Å²) >= 11 is 0. The van der Waals surface area contributed by atoms with Crippen LogP contribution in [0.25, 0.3) is 22.0 Å². The number of aromatic amines is 1. The largest absolute Gasteiger partial charge is 0.358 e. The number of aromatic nitrogens is 4. The van der Waals surface area contributed by atoms with E-state index in [1.165, 1.54) is 18.4 Å². The number of carbonyl (C=O) groups is 1. The Kier molecular flexibility index (Phi) is 8.18. The summed E-state index contributed by atoms with van der Waals surface area (Å²) in [5, 5.41) is 11.0. The lowest BCUT2D eigenvalue weighted by Gasteiger charge is -2.30. The van der Waals surface area contributed by atoms with Crippen molar-refractivity contribution in [2.45, 2.75) is 26.3 Å². The van der Waals surface area contributed by atoms with E-state index in [-0.39, 0.29) is 5.91 Å². The van der Waals surface area contributed by atoms with Crippen molar-refractivity contribution < 1.29 is 4.79 Å². The topological polar surface area (TPSA) is 93.3 Å². The van der Waals surface area contributed by atoms with Crippen LogP contribution in [0, 0.1) is 5.92 Å². The Morgan fingerprint density at radius 1 is 1.03 bits per heavy atom. The number of amides is 1. The number of pyridine rings is 2. The van der Waals surface area contributed by atoms with E-state index >= 15 is 0 Å². The van der Waals surface area contributed by atoms with Gasteiger partial charge in [0.1, 0.15) is 5.82 Å². The van der Waals surface area contributed by atoms with Crippen molar-refractivity contribution in [3.05, 3.63) is 66.2 Å². The zero-order valence-corrected chi connectivity index (χ0v) is 23.3. The van der Waals surface area contributed by atoms with Gasteiger partial charge in [-0.15, -0.1) is 0 Å². The predicted octanol–water partition coefficient (Wildman–Crippen LogP) is 4.50. The van der Waals surface area contributed by atoms with Crippen LogP contribution < -0.4 is 10.2 Å². The predicted molar refractivity (Wildman–Crippen MR) is 157 cm³/mol. The number of anilines is 2. The number of fused-ring (bicyclic) bond motifs is 1. The Bertz CT molecular complexity index is 1410. The van der Waals surface area contributed by atoms with Gasteiger partial charge in [0, 0.05) is 50.0 Å². The fourth-order valence-electron chi connectivity index (χ4n) is 4.92. The third-order valence-electron chi connectivity index (χ3n) is 7.47. The summed E-state index contributed by atoms with van der Waals surface area (Å²) < 4.78 is 0. The smallest absolute Gasteiger partial charge is 0.276 e. The van der Waals surface area contributed by atoms with Crippen molar-refractivity contribution in [3.63, 3.8) is 0 Å². The molecule has 0 aliphatic carbocycles. The maximum Gasteiger partial charge on any atom is 0.276 e. The first-order chi connectivity index (χ1) is 18.9. The Morgan fingerprint density at radius 3 is 2.59 bits per heavy atom. The normalized spacial score (nSPS) is 14.7. The van der Waals surface area contributed by atoms with E-state index in [1.807, 2.05) is 63.9 Å². The molecular weight excluding hydrogens is 488 g/mol. The average Bonchev–Trinajstić information content (AvgIpc) is 3.37. The molecule has 0 unspecified atom stereocenters. The van der Waals surface area contributed by atoms with Gasteiger partial charge >= 0.3 is 0 Å². The number of rotatable bonds is 9. The summed E-state index contributed by atoms with van der Waals surface area (Å²) in [5.41, 5.74) is 5.03. The number of likely N-dealkylation sites (tertiary alicyclic amines) is 1. The monoisotopic (exact) mass is 526 g/mol. The second-order valence-corrected chi connectivity index (χ2v) is 11.0. The van der Waals surface area contributed by atoms with Crippen molar-refractivity contribution >= 4 is 28.3 Å². The van der Waals surface area contributed by atoms with Gasteiger partial charge in [0.05, 0.1) is 17.4 Å². The summed E-state index contributed by atoms with van der Waals surface area (Å²) in [6.07, 6.45) is 8.02. The minimum Gasteiger partial charge on any atom is -0.358 e. The van der Waals surface area contributed by atoms with E-state index in [4.69, 9.17) is 0 Å². The molecule has 1 saturated heterocycles. The molecule has 0 spiro atoms. The molecule has 1 amide bonds. The minimum absolute atomic E-state index is 0.278. The zero-order chi connectivity index (χ0) is 27.4. The molecule has 1 aromatic carbocycles. The molecule has 3 aromatic heterocycles. The fraction of sp³-hybridized carbons (Fsp3) is 0.400. The lowest BCUT2D eigenvalue weighted by Crippen LogP contribution is -2.32. The third-order valence-corrected chi connectivity index (χ3v) is 7.47. The summed E-state index contributed by atoms with van der Waals surface area (Å²) in [7, 11) is 6.11. The lowest BCUT2D eigenvalue weighted by atomic mass is 9.98. The van der Waals surface area contributed by atoms with E-state index in [0.29, 0.717) is 11.4 Å². The Labute approximate surface area is 230 Å². The van der Waals surface area contributed by atoms with Crippen LogP contribution in [0.15, 0.2) is 55.0 Å². The highest BCUT2D eigenvalue weighted by molar-refractivity contribution is 6.11. The zero-order valence-electron chi connectivity index (χ0n) is 23.3. The number of carbonyl (C=O) groups excluding carboxylic acids is 1. The molecule has 5 rings (SSSR count). The number of likely N-dealkylation sites (N-methyl/N-ethyl adjacent to an activating group) is 2. The van der Waals surface area contributed by atoms with E-state index in [9.17, 15) is 4.79 Å². The third kappa shape index (κ3) is 6.61. The molecule has 39 heavy (non-hydrogen) atoms. The molecule has 4 aromatic rings. The van der Waals surface area contributed by atoms with Crippen molar-refractivity contribution in [2.75, 3.05) is 57.5 Å². The van der Waals surface area contributed by atoms with Crippen LogP contribution in [0.4, 0.5) is 11.5 Å². The molecule has 1 fully saturated rings. The van der Waals surface area contributed by atoms with E-state index < -0.39 is 0 Å². The van der Waals surface area contributed by atoms with Crippen LogP contribution >= 0.6 is 0 Å². The number of benzene rings is 1. The average molecular weight is 527 g/mol. The van der Waals surface area contributed by atoms with Crippen molar-refractivity contribution in [2.24, 2.45) is 5.92 Å². The minimum atomic E-state index is -0.278. The standard InChI is InChI=1S/C30H38N8O/c1-21-9-11-38(12-10-21)20-22-15-24(18-31-17-22)23-5-7-27-26(16-23)29(35-34-27)30(39)33-25-6-8-28(32-19-25)37(4)14-13-36(2)3/h5-8,15-19,21H,9-14,20H2,1-4H3,(H,33,39)(H,34,35). The maximum atomic E-state index is 13.2. The highest BCUT2D eigenvalue weighted by Gasteiger charge is 2.18. The molecule has 0 radical (unpaired) electrons. The van der Waals surface area contributed by atoms with Gasteiger partial charge in [-0.1, -0.05) is 13.0 Å². The molecule has 9 nitrogen and oxygen atoms in total. The summed E-state index contributed by atoms with van der Waals surface area (Å²) in [6.45, 7) is 7.31. The number of H-pyrrole nitrogens is 1. The van der Waals surface area contributed by atoms with Crippen LogP contribution in [-0.4, -0.2) is 83.2 Å². The van der Waals surface area contributed by atoms with Gasteiger partial charge < -0.3 is 15.1 Å². The molecule has 9 heteroatoms. The maximum absolute atomic E-state index is 13.2. The van der Waals surface area contributed by atoms with Crippen LogP contribution in [0.1, 0.15) is 35.8 Å². The van der Waals surface area contributed by atoms with Gasteiger partial charge in [-0.3, -0.25) is 19.8 Å². The molecule has 0 saturated carbocycles. The first kappa shape index (κ1) is 26.8. The first-order valence-corrected chi connectivity index (χ1v) is 13.6. The molecule has 1 aliphatic heterocycles. The summed E-state index contributed by atoms with van der Waals surface area (Å²) in [4.78, 5) is 28.9. The van der Waals surface area contributed by atoms with Gasteiger partial charge in [0.15, 0.2) is 5.69 Å². The molecular formula is C30H38N8O. The number of nitrogens with one attached hydrogen (secondary N) is 2. The second kappa shape index (κ2) is 11.9. The van der Waals surface area contributed by atoms with Gasteiger partial charge in [-0.25, -0.2) is 4.98 Å². The highest BCUT2D eigenvalue weighted by atomic mass is 16.1. The first-order valence-electron chi connectivity index (χ1n) is 13.6. The Morgan fingerprint density at radius 2 is 1.85 bits per heavy atom. The van der Waals surface area contributed by atoms with Crippen molar-refractivity contribution in [1.82, 2.24) is 30.0 Å². The van der Waals surface area contributed by atoms with Gasteiger partial charge in [0.25, 0.3) is 5.91 Å². The summed E-state index contributed by atoms with van der Waals surface area (Å²) in [6, 6.07) is 12.0. The van der Waals surface area contributed by atoms with Crippen LogP contribution in [0.5, 0.6) is 0 Å². The lowest BCUT2D eigenvalue weighted by molar-refractivity contribution is 0.102. The van der Waals surface area contributed by atoms with E-state index in [1.54, 1.807) is 6.20 Å². The Balaban J connectivity index is 1.29. The number of piperidine rings is 1. The quantitative estimate of drug-likeness (QED) is 0.332. The van der Waals surface area contributed by atoms with Crippen LogP contribution in [0.2, 0.25) is 0 Å². The van der Waals surface area contributed by atoms with E-state index in [0.717, 1.165) is 66.5 Å². The van der Waals surface area contributed by atoms with Gasteiger partial charge in [-0.2, -0.15) is 5.10 Å². The molecule has 0 atom stereocenters. The van der Waals surface area contributed by atoms with Gasteiger partial charge in [-0.05, 0) is 87.4 Å². The molecule has 0 bridgehead atoms. The fourth-order valence-corrected chi connectivity index (χ4v) is 4.92. The van der Waals surface area contributed by atoms with Gasteiger partial charge in [0.2, 0.25) is 0 Å². The number of nitrogens with zero attached hydrogens (tertiary/aromatic N) is 6. The van der Waals surface area contributed by atoms with Crippen LogP contribution in [-0.2, 0) is 6.54 Å². The van der Waals surface area contributed by atoms with Crippen LogP contribution in [0.3, 0.4) is 0 Å². The second-order valence-electron chi connectivity index (χ2n) is 11.0. The number of hydrogen-bond donors (Lipinski definition) is 2. The SMILES string of the molecule is CC1CCN(Cc2cncc(-c3ccc4[nH]nc(C(=O)Nc5ccc(N(C)CCN(C)C)nc5)c4c3)c2)CC1. The molecule has 204 valence electrons. The number of hydrogen-bond acceptors (Lipinski definition) is 7. The van der Waals surface area contributed by atoms with Crippen molar-refractivity contribution in [3.8, 4) is 11.1 Å². The van der Waals surface area contributed by atoms with E-state index in [2.05, 4.69) is 53.2 Å². The molecule has 1 aliphatic rings. The molecule has 4 heterocycles. The molecule has 2 N–H and O–H groups in total. The Hall–Kier alpha value is -3.82. The highest BCUT2D eigenvalue weighted by Crippen LogP contribution is 2.27. The van der Waals surface area contributed by atoms with Crippen molar-refractivity contribution in [1.29, 1.82) is 0 Å².